The van der Waals surface area contributed by atoms with Gasteiger partial charge in [0.25, 0.3) is 5.91 Å². The third kappa shape index (κ3) is 4.56. The summed E-state index contributed by atoms with van der Waals surface area (Å²) in [5.41, 5.74) is 6.15. The van der Waals surface area contributed by atoms with Crippen LogP contribution < -0.4 is 10.5 Å². The van der Waals surface area contributed by atoms with Crippen LogP contribution in [0.3, 0.4) is 0 Å². The number of amides is 2. The van der Waals surface area contributed by atoms with Gasteiger partial charge in [-0.2, -0.15) is 0 Å². The van der Waals surface area contributed by atoms with Gasteiger partial charge in [-0.15, -0.1) is 0 Å². The van der Waals surface area contributed by atoms with Crippen LogP contribution in [-0.4, -0.2) is 40.9 Å². The van der Waals surface area contributed by atoms with Gasteiger partial charge >= 0.3 is 0 Å². The molecule has 1 atom stereocenters. The summed E-state index contributed by atoms with van der Waals surface area (Å²) < 4.78 is 18.9. The second kappa shape index (κ2) is 7.95. The lowest BCUT2D eigenvalue weighted by Crippen LogP contribution is -2.45. The van der Waals surface area contributed by atoms with E-state index in [1.54, 1.807) is 23.1 Å². The minimum absolute atomic E-state index is 0.0162. The van der Waals surface area contributed by atoms with Gasteiger partial charge < -0.3 is 15.4 Å². The molecule has 3 rings (SSSR count). The summed E-state index contributed by atoms with van der Waals surface area (Å²) in [6.07, 6.45) is 3.18. The average Bonchev–Trinajstić information content (AvgIpc) is 2.64. The van der Waals surface area contributed by atoms with Crippen molar-refractivity contribution in [1.82, 2.24) is 9.88 Å². The first-order valence-corrected chi connectivity index (χ1v) is 8.46. The number of aromatic nitrogens is 1. The van der Waals surface area contributed by atoms with Crippen LogP contribution in [0.1, 0.15) is 28.9 Å². The number of ether oxygens (including phenoxy) is 1. The van der Waals surface area contributed by atoms with Gasteiger partial charge in [-0.25, -0.2) is 4.39 Å². The first-order chi connectivity index (χ1) is 12.5. The molecule has 6 nitrogen and oxygen atoms in total. The van der Waals surface area contributed by atoms with Crippen LogP contribution in [-0.2, 0) is 11.2 Å². The Bertz CT molecular complexity index is 795. The van der Waals surface area contributed by atoms with Crippen LogP contribution >= 0.6 is 0 Å². The molecule has 0 radical (unpaired) electrons. The van der Waals surface area contributed by atoms with Crippen molar-refractivity contribution in [3.8, 4) is 5.75 Å². The normalized spacial score (nSPS) is 17.0. The number of halogens is 1. The average molecular weight is 357 g/mol. The third-order valence-electron chi connectivity index (χ3n) is 4.29. The van der Waals surface area contributed by atoms with Gasteiger partial charge in [0.2, 0.25) is 5.91 Å². The molecule has 1 fully saturated rings. The third-order valence-corrected chi connectivity index (χ3v) is 4.29. The molecular formula is C19H20FN3O3. The molecule has 136 valence electrons. The largest absolute Gasteiger partial charge is 0.488 e. The molecule has 0 aliphatic carbocycles. The topological polar surface area (TPSA) is 85.5 Å². The van der Waals surface area contributed by atoms with Gasteiger partial charge in [-0.3, -0.25) is 14.6 Å². The van der Waals surface area contributed by atoms with Gasteiger partial charge in [0.15, 0.2) is 0 Å². The Labute approximate surface area is 150 Å². The van der Waals surface area contributed by atoms with Crippen molar-refractivity contribution in [3.05, 3.63) is 59.7 Å². The van der Waals surface area contributed by atoms with E-state index < -0.39 is 5.91 Å². The van der Waals surface area contributed by atoms with E-state index in [9.17, 15) is 14.0 Å². The number of pyridine rings is 1. The van der Waals surface area contributed by atoms with Gasteiger partial charge in [-0.05, 0) is 36.6 Å². The maximum atomic E-state index is 13.0. The molecule has 2 heterocycles. The second-order valence-corrected chi connectivity index (χ2v) is 6.27. The van der Waals surface area contributed by atoms with Crippen LogP contribution in [0.5, 0.6) is 5.75 Å². The zero-order valence-corrected chi connectivity index (χ0v) is 14.2. The van der Waals surface area contributed by atoms with Gasteiger partial charge in [-0.1, -0.05) is 12.1 Å². The van der Waals surface area contributed by atoms with Crippen molar-refractivity contribution in [2.75, 3.05) is 13.1 Å². The Morgan fingerprint density at radius 2 is 2.04 bits per heavy atom. The minimum Gasteiger partial charge on any atom is -0.488 e. The van der Waals surface area contributed by atoms with Crippen molar-refractivity contribution in [3.63, 3.8) is 0 Å². The minimum atomic E-state index is -0.616. The SMILES string of the molecule is NC(=O)c1cc(OC2CCCN(C(=O)Cc3ccc(F)cc3)C2)ccn1. The molecule has 1 saturated heterocycles. The predicted octanol–water partition coefficient (Wildman–Crippen LogP) is 1.93. The number of carbonyl (C=O) groups is 2. The number of nitrogens with zero attached hydrogens (tertiary/aromatic N) is 2. The fourth-order valence-corrected chi connectivity index (χ4v) is 2.96. The van der Waals surface area contributed by atoms with E-state index in [-0.39, 0.29) is 29.9 Å². The Morgan fingerprint density at radius 1 is 1.27 bits per heavy atom. The first kappa shape index (κ1) is 17.8. The maximum absolute atomic E-state index is 13.0. The lowest BCUT2D eigenvalue weighted by atomic mass is 10.1. The van der Waals surface area contributed by atoms with E-state index in [1.165, 1.54) is 24.4 Å². The molecule has 1 aliphatic heterocycles. The molecule has 1 unspecified atom stereocenters. The van der Waals surface area contributed by atoms with Crippen molar-refractivity contribution in [1.29, 1.82) is 0 Å². The van der Waals surface area contributed by atoms with E-state index in [0.29, 0.717) is 18.8 Å². The number of likely N-dealkylation sites (tertiary alicyclic amines) is 1. The van der Waals surface area contributed by atoms with Crippen LogP contribution in [0.15, 0.2) is 42.6 Å². The highest BCUT2D eigenvalue weighted by molar-refractivity contribution is 5.91. The van der Waals surface area contributed by atoms with Crippen molar-refractivity contribution in [2.24, 2.45) is 5.73 Å². The van der Waals surface area contributed by atoms with E-state index in [2.05, 4.69) is 4.98 Å². The van der Waals surface area contributed by atoms with E-state index in [1.807, 2.05) is 0 Å². The van der Waals surface area contributed by atoms with Crippen molar-refractivity contribution in [2.45, 2.75) is 25.4 Å². The molecular weight excluding hydrogens is 337 g/mol. The maximum Gasteiger partial charge on any atom is 0.267 e. The molecule has 2 N–H and O–H groups in total. The Hall–Kier alpha value is -2.96. The number of primary amides is 1. The molecule has 7 heteroatoms. The van der Waals surface area contributed by atoms with E-state index in [4.69, 9.17) is 10.5 Å². The molecule has 0 saturated carbocycles. The van der Waals surface area contributed by atoms with Gasteiger partial charge in [0, 0.05) is 18.8 Å². The zero-order valence-electron chi connectivity index (χ0n) is 14.2. The second-order valence-electron chi connectivity index (χ2n) is 6.27. The highest BCUT2D eigenvalue weighted by Crippen LogP contribution is 2.19. The molecule has 0 bridgehead atoms. The highest BCUT2D eigenvalue weighted by Gasteiger charge is 2.25. The standard InChI is InChI=1S/C19H20FN3O3/c20-14-5-3-13(4-6-14)10-18(24)23-9-1-2-16(12-23)26-15-7-8-22-17(11-15)19(21)25/h3-8,11,16H,1-2,9-10,12H2,(H2,21,25). The number of nitrogens with two attached hydrogens (primary N) is 1. The summed E-state index contributed by atoms with van der Waals surface area (Å²) in [6, 6.07) is 9.10. The number of piperidine rings is 1. The number of carbonyl (C=O) groups excluding carboxylic acids is 2. The predicted molar refractivity (Wildman–Crippen MR) is 93.1 cm³/mol. The molecule has 1 aromatic carbocycles. The fraction of sp³-hybridized carbons (Fsp3) is 0.316. The molecule has 1 aromatic heterocycles. The number of hydrogen-bond donors (Lipinski definition) is 1. The first-order valence-electron chi connectivity index (χ1n) is 8.46. The van der Waals surface area contributed by atoms with E-state index >= 15 is 0 Å². The summed E-state index contributed by atoms with van der Waals surface area (Å²) in [6.45, 7) is 1.14. The fourth-order valence-electron chi connectivity index (χ4n) is 2.96. The summed E-state index contributed by atoms with van der Waals surface area (Å²) in [7, 11) is 0. The van der Waals surface area contributed by atoms with Crippen LogP contribution in [0.4, 0.5) is 4.39 Å². The van der Waals surface area contributed by atoms with Gasteiger partial charge in [0.05, 0.1) is 13.0 Å². The lowest BCUT2D eigenvalue weighted by Gasteiger charge is -2.33. The summed E-state index contributed by atoms with van der Waals surface area (Å²) >= 11 is 0. The van der Waals surface area contributed by atoms with Gasteiger partial charge in [0.1, 0.15) is 23.4 Å². The van der Waals surface area contributed by atoms with Crippen molar-refractivity contribution >= 4 is 11.8 Å². The summed E-state index contributed by atoms with van der Waals surface area (Å²) in [5, 5.41) is 0. The monoisotopic (exact) mass is 357 g/mol. The number of hydrogen-bond acceptors (Lipinski definition) is 4. The number of benzene rings is 1. The lowest BCUT2D eigenvalue weighted by molar-refractivity contribution is -0.133. The zero-order chi connectivity index (χ0) is 18.5. The Morgan fingerprint density at radius 3 is 2.77 bits per heavy atom. The van der Waals surface area contributed by atoms with Crippen LogP contribution in [0.25, 0.3) is 0 Å². The highest BCUT2D eigenvalue weighted by atomic mass is 19.1. The quantitative estimate of drug-likeness (QED) is 0.886. The molecule has 26 heavy (non-hydrogen) atoms. The Kier molecular flexibility index (Phi) is 5.46. The molecule has 0 spiro atoms. The van der Waals surface area contributed by atoms with Crippen LogP contribution in [0.2, 0.25) is 0 Å². The van der Waals surface area contributed by atoms with Crippen LogP contribution in [0, 0.1) is 5.82 Å². The molecule has 1 aliphatic rings. The van der Waals surface area contributed by atoms with E-state index in [0.717, 1.165) is 18.4 Å². The summed E-state index contributed by atoms with van der Waals surface area (Å²) in [4.78, 5) is 29.3. The summed E-state index contributed by atoms with van der Waals surface area (Å²) in [5.74, 6) is -0.445. The Balaban J connectivity index is 1.60. The molecule has 2 aromatic rings. The van der Waals surface area contributed by atoms with Crippen molar-refractivity contribution < 1.29 is 18.7 Å². The number of rotatable bonds is 5. The molecule has 2 amide bonds. The smallest absolute Gasteiger partial charge is 0.267 e.